The van der Waals surface area contributed by atoms with Crippen LogP contribution in [0.1, 0.15) is 38.5 Å². The number of hydrogen-bond acceptors (Lipinski definition) is 3. The maximum Gasteiger partial charge on any atom is 0.387 e. The molecule has 116 valence electrons. The van der Waals surface area contributed by atoms with Crippen molar-refractivity contribution >= 4 is 5.69 Å². The molecule has 21 heavy (non-hydrogen) atoms. The first kappa shape index (κ1) is 14.6. The van der Waals surface area contributed by atoms with Crippen LogP contribution in [0.25, 0.3) is 0 Å². The van der Waals surface area contributed by atoms with Crippen LogP contribution in [0.3, 0.4) is 0 Å². The zero-order valence-corrected chi connectivity index (χ0v) is 12.0. The van der Waals surface area contributed by atoms with E-state index < -0.39 is 6.61 Å². The molecule has 1 heterocycles. The minimum atomic E-state index is -2.78. The van der Waals surface area contributed by atoms with Crippen molar-refractivity contribution < 1.29 is 18.3 Å². The predicted octanol–water partition coefficient (Wildman–Crippen LogP) is 4.19. The number of rotatable bonds is 5. The van der Waals surface area contributed by atoms with Gasteiger partial charge in [-0.1, -0.05) is 12.8 Å². The van der Waals surface area contributed by atoms with Crippen molar-refractivity contribution in [1.29, 1.82) is 0 Å². The fourth-order valence-electron chi connectivity index (χ4n) is 3.41. The van der Waals surface area contributed by atoms with Crippen LogP contribution in [0, 0.1) is 0 Å². The number of hydrogen-bond donors (Lipinski definition) is 1. The van der Waals surface area contributed by atoms with Gasteiger partial charge in [-0.2, -0.15) is 8.78 Å². The zero-order valence-electron chi connectivity index (χ0n) is 12.0. The second kappa shape index (κ2) is 6.18. The first-order valence-corrected chi connectivity index (χ1v) is 7.62. The molecule has 1 aromatic rings. The van der Waals surface area contributed by atoms with E-state index in [0.29, 0.717) is 0 Å². The molecule has 5 heteroatoms. The van der Waals surface area contributed by atoms with Gasteiger partial charge in [-0.3, -0.25) is 0 Å². The summed E-state index contributed by atoms with van der Waals surface area (Å²) in [7, 11) is 0. The molecule has 1 unspecified atom stereocenters. The molecule has 0 aromatic heterocycles. The molecule has 1 saturated carbocycles. The summed E-state index contributed by atoms with van der Waals surface area (Å²) in [6.07, 6.45) is 7.48. The molecule has 1 aromatic carbocycles. The van der Waals surface area contributed by atoms with Gasteiger partial charge in [0.15, 0.2) is 0 Å². The lowest BCUT2D eigenvalue weighted by Crippen LogP contribution is -2.27. The second-order valence-corrected chi connectivity index (χ2v) is 5.95. The molecule has 0 radical (unpaired) electrons. The summed E-state index contributed by atoms with van der Waals surface area (Å²) in [5.41, 5.74) is 1.05. The molecule has 1 saturated heterocycles. The van der Waals surface area contributed by atoms with Crippen LogP contribution in [-0.4, -0.2) is 24.9 Å². The summed E-state index contributed by atoms with van der Waals surface area (Å²) < 4.78 is 34.7. The number of anilines is 1. The number of benzene rings is 1. The van der Waals surface area contributed by atoms with Gasteiger partial charge in [0.1, 0.15) is 5.75 Å². The van der Waals surface area contributed by atoms with Gasteiger partial charge in [0.25, 0.3) is 0 Å². The Kier molecular flexibility index (Phi) is 4.29. The molecule has 1 atom stereocenters. The van der Waals surface area contributed by atoms with Crippen molar-refractivity contribution in [1.82, 2.24) is 0 Å². The molecular formula is C16H21F2NO2. The minimum absolute atomic E-state index is 0.154. The zero-order chi connectivity index (χ0) is 14.7. The monoisotopic (exact) mass is 297 g/mol. The summed E-state index contributed by atoms with van der Waals surface area (Å²) >= 11 is 0. The summed E-state index contributed by atoms with van der Waals surface area (Å²) in [5.74, 6) is 0.178. The van der Waals surface area contributed by atoms with Gasteiger partial charge in [0, 0.05) is 12.2 Å². The highest BCUT2D eigenvalue weighted by atomic mass is 19.3. The van der Waals surface area contributed by atoms with Gasteiger partial charge in [0.05, 0.1) is 11.7 Å². The average Bonchev–Trinajstić information content (AvgIpc) is 3.08. The maximum atomic E-state index is 12.1. The Morgan fingerprint density at radius 3 is 2.57 bits per heavy atom. The van der Waals surface area contributed by atoms with Gasteiger partial charge in [0.2, 0.25) is 0 Å². The summed E-state index contributed by atoms with van der Waals surface area (Å²) in [6, 6.07) is 6.58. The van der Waals surface area contributed by atoms with Crippen molar-refractivity contribution in [2.24, 2.45) is 0 Å². The normalized spacial score (nSPS) is 23.9. The first-order valence-electron chi connectivity index (χ1n) is 7.62. The molecule has 1 aliphatic carbocycles. The summed E-state index contributed by atoms with van der Waals surface area (Å²) in [5, 5.41) is 3.31. The Bertz CT molecular complexity index is 458. The Morgan fingerprint density at radius 2 is 1.90 bits per heavy atom. The lowest BCUT2D eigenvalue weighted by molar-refractivity contribution is -0.0498. The van der Waals surface area contributed by atoms with Crippen LogP contribution in [0.2, 0.25) is 0 Å². The van der Waals surface area contributed by atoms with E-state index in [1.165, 1.54) is 32.1 Å². The summed E-state index contributed by atoms with van der Waals surface area (Å²) in [4.78, 5) is 0. The highest BCUT2D eigenvalue weighted by Gasteiger charge is 2.41. The van der Waals surface area contributed by atoms with Crippen LogP contribution in [0.5, 0.6) is 5.75 Å². The average molecular weight is 297 g/mol. The number of nitrogens with one attached hydrogen (secondary N) is 1. The van der Waals surface area contributed by atoms with Crippen LogP contribution in [0.4, 0.5) is 14.5 Å². The van der Waals surface area contributed by atoms with Crippen molar-refractivity contribution in [2.75, 3.05) is 11.9 Å². The van der Waals surface area contributed by atoms with Crippen molar-refractivity contribution in [3.8, 4) is 5.75 Å². The second-order valence-electron chi connectivity index (χ2n) is 5.95. The number of alkyl halides is 2. The number of halogens is 2. The van der Waals surface area contributed by atoms with Crippen LogP contribution >= 0.6 is 0 Å². The molecular weight excluding hydrogens is 276 g/mol. The van der Waals surface area contributed by atoms with Gasteiger partial charge in [-0.25, -0.2) is 0 Å². The van der Waals surface area contributed by atoms with Crippen LogP contribution in [-0.2, 0) is 4.74 Å². The van der Waals surface area contributed by atoms with E-state index in [9.17, 15) is 8.78 Å². The largest absolute Gasteiger partial charge is 0.435 e. The molecule has 3 rings (SSSR count). The SMILES string of the molecule is FC(F)Oc1ccc(NCC2CCC3(CCCC3)O2)cc1. The topological polar surface area (TPSA) is 30.5 Å². The molecule has 1 aliphatic heterocycles. The molecule has 1 spiro atoms. The third kappa shape index (κ3) is 3.64. The molecule has 2 aliphatic rings. The van der Waals surface area contributed by atoms with Gasteiger partial charge < -0.3 is 14.8 Å². The lowest BCUT2D eigenvalue weighted by atomic mass is 9.98. The van der Waals surface area contributed by atoms with E-state index in [2.05, 4.69) is 10.1 Å². The van der Waals surface area contributed by atoms with Crippen molar-refractivity contribution in [3.05, 3.63) is 24.3 Å². The predicted molar refractivity (Wildman–Crippen MR) is 76.9 cm³/mol. The standard InChI is InChI=1S/C16H21F2NO2/c17-15(18)20-13-5-3-12(4-6-13)19-11-14-7-10-16(21-14)8-1-2-9-16/h3-6,14-15,19H,1-2,7-11H2. The van der Waals surface area contributed by atoms with E-state index >= 15 is 0 Å². The van der Waals surface area contributed by atoms with Crippen LogP contribution < -0.4 is 10.1 Å². The molecule has 0 amide bonds. The third-order valence-corrected chi connectivity index (χ3v) is 4.47. The van der Waals surface area contributed by atoms with E-state index in [-0.39, 0.29) is 17.5 Å². The lowest BCUT2D eigenvalue weighted by Gasteiger charge is -2.24. The Labute approximate surface area is 123 Å². The fourth-order valence-corrected chi connectivity index (χ4v) is 3.41. The maximum absolute atomic E-state index is 12.1. The van der Waals surface area contributed by atoms with Gasteiger partial charge >= 0.3 is 6.61 Å². The molecule has 1 N–H and O–H groups in total. The number of ether oxygens (including phenoxy) is 2. The van der Waals surface area contributed by atoms with Gasteiger partial charge in [-0.15, -0.1) is 0 Å². The van der Waals surface area contributed by atoms with E-state index in [4.69, 9.17) is 4.74 Å². The van der Waals surface area contributed by atoms with Crippen molar-refractivity contribution in [3.63, 3.8) is 0 Å². The van der Waals surface area contributed by atoms with E-state index in [1.54, 1.807) is 24.3 Å². The summed E-state index contributed by atoms with van der Waals surface area (Å²) in [6.45, 7) is -2.02. The highest BCUT2D eigenvalue weighted by Crippen LogP contribution is 2.43. The Balaban J connectivity index is 1.47. The van der Waals surface area contributed by atoms with E-state index in [0.717, 1.165) is 18.7 Å². The van der Waals surface area contributed by atoms with E-state index in [1.807, 2.05) is 0 Å². The molecule has 2 fully saturated rings. The minimum Gasteiger partial charge on any atom is -0.435 e. The van der Waals surface area contributed by atoms with Crippen LogP contribution in [0.15, 0.2) is 24.3 Å². The quantitative estimate of drug-likeness (QED) is 0.884. The first-order chi connectivity index (χ1) is 10.2. The Morgan fingerprint density at radius 1 is 1.19 bits per heavy atom. The fraction of sp³-hybridized carbons (Fsp3) is 0.625. The highest BCUT2D eigenvalue weighted by molar-refractivity contribution is 5.46. The third-order valence-electron chi connectivity index (χ3n) is 4.47. The molecule has 0 bridgehead atoms. The Hall–Kier alpha value is -1.36. The molecule has 3 nitrogen and oxygen atoms in total. The smallest absolute Gasteiger partial charge is 0.387 e. The van der Waals surface area contributed by atoms with Gasteiger partial charge in [-0.05, 0) is 49.9 Å². The van der Waals surface area contributed by atoms with Crippen molar-refractivity contribution in [2.45, 2.75) is 56.8 Å².